The van der Waals surface area contributed by atoms with Crippen molar-refractivity contribution in [2.24, 2.45) is 35.5 Å². The van der Waals surface area contributed by atoms with E-state index in [0.29, 0.717) is 12.3 Å². The lowest BCUT2D eigenvalue weighted by Gasteiger charge is -2.30. The monoisotopic (exact) mass is 1040 g/mol. The van der Waals surface area contributed by atoms with Crippen LogP contribution < -0.4 is 37.2 Å². The molecule has 1 rings (SSSR count). The van der Waals surface area contributed by atoms with E-state index >= 15 is 0 Å². The van der Waals surface area contributed by atoms with E-state index in [1.165, 1.54) is 7.11 Å². The number of nitrogens with one attached hydrogen (secondary N) is 7. The van der Waals surface area contributed by atoms with Crippen LogP contribution in [-0.2, 0) is 57.4 Å². The molecule has 1 aliphatic rings. The molecular formula is C53H93N7O13. The molecule has 7 amide bonds. The topological polar surface area (TPSA) is 294 Å². The number of carbonyl (C=O) groups is 10. The number of amides is 7. The summed E-state index contributed by atoms with van der Waals surface area (Å²) in [5.74, 6) is -9.73. The molecule has 0 aromatic carbocycles. The van der Waals surface area contributed by atoms with Crippen molar-refractivity contribution in [3.63, 3.8) is 0 Å². The van der Waals surface area contributed by atoms with Crippen LogP contribution in [0.25, 0.3) is 0 Å². The first-order chi connectivity index (χ1) is 34.2. The molecule has 0 aromatic heterocycles. The highest BCUT2D eigenvalue weighted by molar-refractivity contribution is 5.98. The third-order valence-corrected chi connectivity index (χ3v) is 12.9. The fraction of sp³-hybridized carbons (Fsp3) is 0.811. The molecule has 0 bridgehead atoms. The van der Waals surface area contributed by atoms with Crippen molar-refractivity contribution in [1.82, 2.24) is 37.2 Å². The van der Waals surface area contributed by atoms with Gasteiger partial charge in [-0.2, -0.15) is 0 Å². The van der Waals surface area contributed by atoms with E-state index in [1.54, 1.807) is 41.5 Å². The number of hydrogen-bond donors (Lipinski definition) is 8. The largest absolute Gasteiger partial charge is 0.481 e. The molecule has 0 spiro atoms. The van der Waals surface area contributed by atoms with Crippen LogP contribution in [-0.4, -0.2) is 120 Å². The zero-order chi connectivity index (χ0) is 55.5. The first-order valence-corrected chi connectivity index (χ1v) is 26.8. The summed E-state index contributed by atoms with van der Waals surface area (Å²) in [5.41, 5.74) is 0. The molecule has 9 atom stereocenters. The van der Waals surface area contributed by atoms with Gasteiger partial charge in [0.1, 0.15) is 48.4 Å². The summed E-state index contributed by atoms with van der Waals surface area (Å²) >= 11 is 0. The van der Waals surface area contributed by atoms with Gasteiger partial charge in [0.2, 0.25) is 41.4 Å². The van der Waals surface area contributed by atoms with Gasteiger partial charge in [0, 0.05) is 6.42 Å². The van der Waals surface area contributed by atoms with Gasteiger partial charge < -0.3 is 51.8 Å². The Hall–Kier alpha value is -5.30. The SMILES string of the molecule is CC[C@H](C)CCCCCCCC[C@@H]1CC(=O)N[C@@H](CCC(=O)OC)C(=O)N[C@@H](CC(C)C)C(=O)N[C@H](CC(C)C)C(=O)N[C@@H](C(C)C)C(=O)N[C@@H](CC(=O)O)C(=O)N[C@H](CC(C)C)C(=O)N[C@@H](C(C)C)C(=O)O1. The molecule has 8 N–H and O–H groups in total. The van der Waals surface area contributed by atoms with Crippen molar-refractivity contribution in [2.75, 3.05) is 7.11 Å². The fourth-order valence-electron chi connectivity index (χ4n) is 8.42. The average molecular weight is 1040 g/mol. The van der Waals surface area contributed by atoms with E-state index in [-0.39, 0.29) is 56.3 Å². The smallest absolute Gasteiger partial charge is 0.329 e. The van der Waals surface area contributed by atoms with Crippen LogP contribution in [0.5, 0.6) is 0 Å². The third-order valence-electron chi connectivity index (χ3n) is 12.9. The summed E-state index contributed by atoms with van der Waals surface area (Å²) in [7, 11) is 1.18. The number of methoxy groups -OCH3 is 1. The molecule has 0 radical (unpaired) electrons. The van der Waals surface area contributed by atoms with Crippen LogP contribution in [0.1, 0.15) is 186 Å². The molecule has 20 heteroatoms. The minimum absolute atomic E-state index is 0.0436. The number of cyclic esters (lactones) is 1. The summed E-state index contributed by atoms with van der Waals surface area (Å²) < 4.78 is 10.9. The molecule has 418 valence electrons. The second kappa shape index (κ2) is 34.2. The Bertz CT molecular complexity index is 1810. The van der Waals surface area contributed by atoms with Gasteiger partial charge in [-0.1, -0.05) is 128 Å². The van der Waals surface area contributed by atoms with Crippen molar-refractivity contribution in [1.29, 1.82) is 0 Å². The average Bonchev–Trinajstić information content (AvgIpc) is 3.29. The summed E-state index contributed by atoms with van der Waals surface area (Å²) in [4.78, 5) is 137. The second-order valence-electron chi connectivity index (χ2n) is 21.9. The summed E-state index contributed by atoms with van der Waals surface area (Å²) in [5, 5.41) is 28.4. The summed E-state index contributed by atoms with van der Waals surface area (Å²) in [6.07, 6.45) is 5.45. The third kappa shape index (κ3) is 26.5. The van der Waals surface area contributed by atoms with E-state index < -0.39 is 132 Å². The van der Waals surface area contributed by atoms with Crippen LogP contribution >= 0.6 is 0 Å². The highest BCUT2D eigenvalue weighted by atomic mass is 16.5. The van der Waals surface area contributed by atoms with E-state index in [9.17, 15) is 53.1 Å². The Balaban J connectivity index is 3.95. The number of rotatable bonds is 23. The standard InChI is InChI=1S/C53H93N7O13/c1-14-35(12)21-19-17-15-16-18-20-22-36-28-42(61)54-37(23-24-44(64)72-13)47(65)55-38(25-30(2)3)48(66)56-39(26-31(4)5)50(68)59-45(33(8)9)52(70)58-41(29-43(62)63)49(67)57-40(27-32(6)7)51(69)60-46(34(10)11)53(71)73-36/h30-41,45-46H,14-29H2,1-13H3,(H,54,61)(H,55,65)(H,56,66)(H,57,67)(H,58,70)(H,59,68)(H,60,69)(H,62,63)/t35-,36+,37-,38-,39+,40+,41-,45-,46-/m0/s1. The van der Waals surface area contributed by atoms with Crippen LogP contribution in [0, 0.1) is 35.5 Å². The van der Waals surface area contributed by atoms with Gasteiger partial charge in [-0.05, 0) is 74.0 Å². The molecule has 1 aliphatic heterocycles. The molecule has 0 aromatic rings. The van der Waals surface area contributed by atoms with E-state index in [1.807, 2.05) is 27.7 Å². The Morgan fingerprint density at radius 1 is 0.548 bits per heavy atom. The molecule has 73 heavy (non-hydrogen) atoms. The Kier molecular flexibility index (Phi) is 30.8. The van der Waals surface area contributed by atoms with Gasteiger partial charge in [0.15, 0.2) is 0 Å². The van der Waals surface area contributed by atoms with Crippen molar-refractivity contribution in [2.45, 2.75) is 234 Å². The van der Waals surface area contributed by atoms with Crippen molar-refractivity contribution in [3.05, 3.63) is 0 Å². The molecular weight excluding hydrogens is 943 g/mol. The summed E-state index contributed by atoms with van der Waals surface area (Å²) in [6.45, 7) is 21.9. The maximum absolute atomic E-state index is 14.2. The number of carboxylic acids is 1. The van der Waals surface area contributed by atoms with Gasteiger partial charge in [-0.15, -0.1) is 0 Å². The molecule has 0 unspecified atom stereocenters. The second-order valence-corrected chi connectivity index (χ2v) is 21.9. The molecule has 1 fully saturated rings. The van der Waals surface area contributed by atoms with Crippen molar-refractivity contribution < 1.29 is 62.5 Å². The minimum atomic E-state index is -1.72. The maximum Gasteiger partial charge on any atom is 0.329 e. The first-order valence-electron chi connectivity index (χ1n) is 26.8. The van der Waals surface area contributed by atoms with Gasteiger partial charge in [-0.25, -0.2) is 4.79 Å². The minimum Gasteiger partial charge on any atom is -0.481 e. The molecule has 0 aliphatic carbocycles. The quantitative estimate of drug-likeness (QED) is 0.0508. The van der Waals surface area contributed by atoms with E-state index in [2.05, 4.69) is 51.1 Å². The number of carboxylic acid groups (broad SMARTS) is 1. The summed E-state index contributed by atoms with van der Waals surface area (Å²) in [6, 6.07) is -9.51. The van der Waals surface area contributed by atoms with Crippen LogP contribution in [0.4, 0.5) is 0 Å². The van der Waals surface area contributed by atoms with E-state index in [0.717, 1.165) is 44.9 Å². The predicted molar refractivity (Wildman–Crippen MR) is 276 cm³/mol. The maximum atomic E-state index is 14.2. The van der Waals surface area contributed by atoms with Crippen LogP contribution in [0.15, 0.2) is 0 Å². The number of ether oxygens (including phenoxy) is 2. The number of esters is 2. The Morgan fingerprint density at radius 2 is 0.973 bits per heavy atom. The normalized spacial score (nSPS) is 24.4. The fourth-order valence-corrected chi connectivity index (χ4v) is 8.42. The molecule has 0 saturated carbocycles. The van der Waals surface area contributed by atoms with Gasteiger partial charge in [-0.3, -0.25) is 43.2 Å². The number of carbonyl (C=O) groups excluding carboxylic acids is 9. The number of aliphatic carboxylic acids is 1. The van der Waals surface area contributed by atoms with Crippen molar-refractivity contribution in [3.8, 4) is 0 Å². The highest BCUT2D eigenvalue weighted by Gasteiger charge is 2.38. The zero-order valence-corrected chi connectivity index (χ0v) is 46.2. The Labute approximate surface area is 434 Å². The number of hydrogen-bond acceptors (Lipinski definition) is 12. The lowest BCUT2D eigenvalue weighted by Crippen LogP contribution is -2.61. The first kappa shape index (κ1) is 65.7. The van der Waals surface area contributed by atoms with Gasteiger partial charge >= 0.3 is 17.9 Å². The zero-order valence-electron chi connectivity index (χ0n) is 46.2. The van der Waals surface area contributed by atoms with Gasteiger partial charge in [0.25, 0.3) is 0 Å². The van der Waals surface area contributed by atoms with Gasteiger partial charge in [0.05, 0.1) is 20.0 Å². The highest BCUT2D eigenvalue weighted by Crippen LogP contribution is 2.19. The lowest BCUT2D eigenvalue weighted by molar-refractivity contribution is -0.156. The molecule has 1 saturated heterocycles. The Morgan fingerprint density at radius 3 is 1.42 bits per heavy atom. The predicted octanol–water partition coefficient (Wildman–Crippen LogP) is 4.74. The lowest BCUT2D eigenvalue weighted by atomic mass is 9.98. The van der Waals surface area contributed by atoms with Crippen molar-refractivity contribution >= 4 is 59.3 Å². The van der Waals surface area contributed by atoms with Crippen LogP contribution in [0.2, 0.25) is 0 Å². The van der Waals surface area contributed by atoms with Crippen LogP contribution in [0.3, 0.4) is 0 Å². The molecule has 20 nitrogen and oxygen atoms in total. The number of unbranched alkanes of at least 4 members (excludes halogenated alkanes) is 5. The molecule has 1 heterocycles. The van der Waals surface area contributed by atoms with E-state index in [4.69, 9.17) is 9.47 Å².